The van der Waals surface area contributed by atoms with Gasteiger partial charge >= 0.3 is 11.9 Å². The fourth-order valence-corrected chi connectivity index (χ4v) is 10.9. The molecule has 0 aliphatic rings. The summed E-state index contributed by atoms with van der Waals surface area (Å²) in [5.74, 6) is -0.867. The summed E-state index contributed by atoms with van der Waals surface area (Å²) in [6.07, 6.45) is 118. The Balaban J connectivity index is 4.08. The van der Waals surface area contributed by atoms with Gasteiger partial charge in [-0.25, -0.2) is 0 Å². The molecule has 0 fully saturated rings. The first-order chi connectivity index (χ1) is 48.0. The molecule has 0 aliphatic heterocycles. The third-order valence-corrected chi connectivity index (χ3v) is 17.1. The first-order valence-electron chi connectivity index (χ1n) is 39.1. The topological polar surface area (TPSA) is 111 Å². The molecule has 98 heavy (non-hydrogen) atoms. The minimum absolute atomic E-state index is 0.0447. The lowest BCUT2D eigenvalue weighted by Gasteiger charge is -2.28. The van der Waals surface area contributed by atoms with Crippen molar-refractivity contribution in [3.8, 4) is 0 Å². The van der Waals surface area contributed by atoms with Gasteiger partial charge in [0.2, 0.25) is 0 Å². The quantitative estimate of drug-likeness (QED) is 0.0195. The molecule has 2 atom stereocenters. The van der Waals surface area contributed by atoms with Crippen molar-refractivity contribution in [2.24, 2.45) is 0 Å². The molecule has 0 radical (unpaired) electrons. The van der Waals surface area contributed by atoms with Gasteiger partial charge in [0, 0.05) is 12.8 Å². The summed E-state index contributed by atoms with van der Waals surface area (Å²) in [5.41, 5.74) is 0. The normalized spacial score (nSPS) is 14.1. The zero-order valence-electron chi connectivity index (χ0n) is 63.2. The maximum Gasteiger partial charge on any atom is 0.306 e. The predicted octanol–water partition coefficient (Wildman–Crippen LogP) is 25.8. The van der Waals surface area contributed by atoms with Crippen molar-refractivity contribution in [3.63, 3.8) is 0 Å². The molecule has 0 spiro atoms. The van der Waals surface area contributed by atoms with Crippen molar-refractivity contribution < 1.29 is 42.1 Å². The van der Waals surface area contributed by atoms with E-state index in [1.165, 1.54) is 116 Å². The summed E-state index contributed by atoms with van der Waals surface area (Å²) in [5, 5.41) is 0. The monoisotopic (exact) mass is 1370 g/mol. The zero-order valence-corrected chi connectivity index (χ0v) is 64.0. The number of phosphoric acid groups is 1. The standard InChI is InChI=1S/C88H144NO8P/c1-6-8-10-12-14-16-18-20-22-24-26-28-30-32-34-36-38-40-42-43-44-45-47-48-50-52-54-56-58-60-62-64-66-68-70-72-74-76-78-80-87(90)94-84-86(85-96-98(92,93)95-83-82-89(3,4)5)97-88(91)81-79-77-75-73-71-69-67-65-63-61-59-57-55-53-51-49-46-41-39-37-35-33-31-29-27-25-23-21-19-17-15-13-11-9-7-2/h8-11,14-17,20-23,26-29,32-35,38-41,49,51,55,57,61,63,67,69,86H,6-7,12-13,18-19,24-25,30-31,36-37,42-48,50,52-54,56,58-60,62,64-66,68,70-85H2,1-5H3/b10-8-,11-9-,16-14-,17-15-,22-20-,23-21-,28-26-,29-27-,34-32-,35-33-,40-38-,41-39-,51-49-,57-55-,63-61-,69-67-. The highest BCUT2D eigenvalue weighted by atomic mass is 31.2. The molecular formula is C88H144NO8P. The molecule has 0 aromatic heterocycles. The molecular weight excluding hydrogens is 1230 g/mol. The van der Waals surface area contributed by atoms with Crippen LogP contribution in [0.15, 0.2) is 194 Å². The molecule has 0 heterocycles. The van der Waals surface area contributed by atoms with Gasteiger partial charge in [0.25, 0.3) is 7.82 Å². The Labute approximate surface area is 603 Å². The van der Waals surface area contributed by atoms with Crippen LogP contribution in [-0.2, 0) is 32.7 Å². The maximum atomic E-state index is 12.9. The van der Waals surface area contributed by atoms with Crippen LogP contribution in [0, 0.1) is 0 Å². The first kappa shape index (κ1) is 92.8. The molecule has 0 bridgehead atoms. The van der Waals surface area contributed by atoms with Crippen molar-refractivity contribution in [3.05, 3.63) is 194 Å². The molecule has 10 heteroatoms. The molecule has 0 aromatic carbocycles. The van der Waals surface area contributed by atoms with Crippen molar-refractivity contribution in [1.82, 2.24) is 0 Å². The number of esters is 2. The van der Waals surface area contributed by atoms with Gasteiger partial charge in [-0.1, -0.05) is 337 Å². The van der Waals surface area contributed by atoms with Gasteiger partial charge in [-0.3, -0.25) is 14.2 Å². The highest BCUT2D eigenvalue weighted by Gasteiger charge is 2.22. The lowest BCUT2D eigenvalue weighted by Crippen LogP contribution is -2.37. The van der Waals surface area contributed by atoms with Gasteiger partial charge in [-0.2, -0.15) is 0 Å². The minimum atomic E-state index is -4.67. The lowest BCUT2D eigenvalue weighted by molar-refractivity contribution is -0.870. The summed E-state index contributed by atoms with van der Waals surface area (Å²) in [6.45, 7) is 3.98. The SMILES string of the molecule is CC/C=C\C/C=C\C/C=C\C/C=C\C/C=C\C/C=C\C/C=C\C/C=C\C/C=C\C/C=C\CCCCCCC(=O)OC(COC(=O)CCCCCCCCCCCCCCCCCCCCCC/C=C\C/C=C\C/C=C\C/C=C\C/C=C\C/C=C\CC)COP(=O)([O-])OCC[N+](C)(C)C. The van der Waals surface area contributed by atoms with E-state index in [1.807, 2.05) is 21.1 Å². The summed E-state index contributed by atoms with van der Waals surface area (Å²) in [6, 6.07) is 0. The second kappa shape index (κ2) is 76.0. The number of carbonyl (C=O) groups is 2. The largest absolute Gasteiger partial charge is 0.756 e. The third-order valence-electron chi connectivity index (χ3n) is 16.1. The second-order valence-corrected chi connectivity index (χ2v) is 28.0. The third kappa shape index (κ3) is 79.8. The van der Waals surface area contributed by atoms with Crippen molar-refractivity contribution in [2.45, 2.75) is 302 Å². The highest BCUT2D eigenvalue weighted by molar-refractivity contribution is 7.45. The number of allylic oxidation sites excluding steroid dienone is 32. The predicted molar refractivity (Wildman–Crippen MR) is 424 cm³/mol. The van der Waals surface area contributed by atoms with Gasteiger partial charge in [-0.05, 0) is 141 Å². The number of quaternary nitrogens is 1. The molecule has 554 valence electrons. The van der Waals surface area contributed by atoms with Crippen LogP contribution >= 0.6 is 7.82 Å². The minimum Gasteiger partial charge on any atom is -0.756 e. The first-order valence-corrected chi connectivity index (χ1v) is 40.6. The molecule has 0 saturated heterocycles. The molecule has 0 aliphatic carbocycles. The second-order valence-electron chi connectivity index (χ2n) is 26.6. The number of likely N-dealkylation sites (N-methyl/N-ethyl adjacent to an activating group) is 1. The van der Waals surface area contributed by atoms with Crippen LogP contribution < -0.4 is 4.89 Å². The number of carbonyl (C=O) groups excluding carboxylic acids is 2. The number of unbranched alkanes of at least 4 members (excludes halogenated alkanes) is 24. The Morgan fingerprint density at radius 1 is 0.316 bits per heavy atom. The fraction of sp³-hybridized carbons (Fsp3) is 0.614. The van der Waals surface area contributed by atoms with Crippen LogP contribution in [0.1, 0.15) is 296 Å². The molecule has 0 aromatic rings. The summed E-state index contributed by atoms with van der Waals surface area (Å²) in [4.78, 5) is 38.2. The number of hydrogen-bond donors (Lipinski definition) is 0. The van der Waals surface area contributed by atoms with Crippen LogP contribution in [0.2, 0.25) is 0 Å². The highest BCUT2D eigenvalue weighted by Crippen LogP contribution is 2.38. The number of phosphoric ester groups is 1. The van der Waals surface area contributed by atoms with E-state index < -0.39 is 32.5 Å². The Morgan fingerprint density at radius 2 is 0.551 bits per heavy atom. The molecule has 0 rings (SSSR count). The Hall–Kier alpha value is -5.15. The Bertz CT molecular complexity index is 2360. The van der Waals surface area contributed by atoms with Crippen LogP contribution in [0.3, 0.4) is 0 Å². The van der Waals surface area contributed by atoms with E-state index in [0.717, 1.165) is 148 Å². The average molecular weight is 1380 g/mol. The van der Waals surface area contributed by atoms with Gasteiger partial charge in [0.05, 0.1) is 27.7 Å². The molecule has 0 N–H and O–H groups in total. The van der Waals surface area contributed by atoms with Gasteiger partial charge in [-0.15, -0.1) is 0 Å². The van der Waals surface area contributed by atoms with Gasteiger partial charge in [0.15, 0.2) is 6.10 Å². The van der Waals surface area contributed by atoms with Crippen LogP contribution in [0.25, 0.3) is 0 Å². The van der Waals surface area contributed by atoms with E-state index in [-0.39, 0.29) is 26.1 Å². The van der Waals surface area contributed by atoms with Crippen molar-refractivity contribution >= 4 is 19.8 Å². The average Bonchev–Trinajstić information content (AvgIpc) is 1.08. The fourth-order valence-electron chi connectivity index (χ4n) is 10.2. The number of nitrogens with zero attached hydrogens (tertiary/aromatic N) is 1. The summed E-state index contributed by atoms with van der Waals surface area (Å²) >= 11 is 0. The molecule has 2 unspecified atom stereocenters. The summed E-state index contributed by atoms with van der Waals surface area (Å²) in [7, 11) is 1.13. The summed E-state index contributed by atoms with van der Waals surface area (Å²) < 4.78 is 34.3. The molecule has 0 amide bonds. The zero-order chi connectivity index (χ0) is 71.1. The Morgan fingerprint density at radius 3 is 0.816 bits per heavy atom. The van der Waals surface area contributed by atoms with Crippen LogP contribution in [0.4, 0.5) is 0 Å². The Kier molecular flexibility index (Phi) is 72.0. The lowest BCUT2D eigenvalue weighted by atomic mass is 10.0. The number of hydrogen-bond acceptors (Lipinski definition) is 8. The van der Waals surface area contributed by atoms with Crippen LogP contribution in [-0.4, -0.2) is 70.0 Å². The van der Waals surface area contributed by atoms with E-state index in [4.69, 9.17) is 18.5 Å². The van der Waals surface area contributed by atoms with E-state index in [1.54, 1.807) is 0 Å². The van der Waals surface area contributed by atoms with E-state index in [0.29, 0.717) is 17.4 Å². The van der Waals surface area contributed by atoms with Crippen molar-refractivity contribution in [2.75, 3.05) is 47.5 Å². The van der Waals surface area contributed by atoms with Gasteiger partial charge in [0.1, 0.15) is 19.8 Å². The number of ether oxygens (including phenoxy) is 2. The maximum absolute atomic E-state index is 12.9. The van der Waals surface area contributed by atoms with E-state index >= 15 is 0 Å². The smallest absolute Gasteiger partial charge is 0.306 e. The molecule has 0 saturated carbocycles. The van der Waals surface area contributed by atoms with Crippen LogP contribution in [0.5, 0.6) is 0 Å². The van der Waals surface area contributed by atoms with E-state index in [9.17, 15) is 19.0 Å². The number of rotatable bonds is 70. The molecule has 9 nitrogen and oxygen atoms in total. The van der Waals surface area contributed by atoms with Gasteiger partial charge < -0.3 is 27.9 Å². The van der Waals surface area contributed by atoms with Crippen molar-refractivity contribution in [1.29, 1.82) is 0 Å². The van der Waals surface area contributed by atoms with E-state index in [2.05, 4.69) is 208 Å².